The molecule has 0 unspecified atom stereocenters. The Morgan fingerprint density at radius 2 is 2.07 bits per heavy atom. The van der Waals surface area contributed by atoms with Gasteiger partial charge in [-0.25, -0.2) is 0 Å². The van der Waals surface area contributed by atoms with Gasteiger partial charge in [0.05, 0.1) is 11.1 Å². The van der Waals surface area contributed by atoms with Gasteiger partial charge in [0.25, 0.3) is 0 Å². The van der Waals surface area contributed by atoms with Crippen LogP contribution in [0.1, 0.15) is 26.5 Å². The van der Waals surface area contributed by atoms with E-state index in [-0.39, 0.29) is 10.8 Å². The zero-order valence-corrected chi connectivity index (χ0v) is 8.51. The fraction of sp³-hybridized carbons (Fsp3) is 0.400. The van der Waals surface area contributed by atoms with E-state index in [1.165, 1.54) is 6.07 Å². The molecule has 2 N–H and O–H groups in total. The largest absolute Gasteiger partial charge is 0.344 e. The second kappa shape index (κ2) is 2.70. The lowest BCUT2D eigenvalue weighted by Crippen LogP contribution is -2.15. The van der Waals surface area contributed by atoms with E-state index in [0.29, 0.717) is 11.0 Å². The first-order chi connectivity index (χ1) is 6.50. The first-order valence-corrected chi connectivity index (χ1v) is 4.56. The molecule has 2 aromatic rings. The van der Waals surface area contributed by atoms with E-state index >= 15 is 0 Å². The topological polar surface area (TPSA) is 61.5 Å². The predicted molar refractivity (Wildman–Crippen MR) is 55.4 cm³/mol. The highest BCUT2D eigenvalue weighted by Gasteiger charge is 2.21. The highest BCUT2D eigenvalue weighted by atomic mass is 16.1. The smallest absolute Gasteiger partial charge is 0.192 e. The van der Waals surface area contributed by atoms with Crippen LogP contribution in [0.4, 0.5) is 0 Å². The van der Waals surface area contributed by atoms with E-state index in [2.05, 4.69) is 15.2 Å². The zero-order valence-electron chi connectivity index (χ0n) is 8.51. The number of H-pyrrole nitrogens is 2. The van der Waals surface area contributed by atoms with Crippen molar-refractivity contribution in [2.24, 2.45) is 0 Å². The lowest BCUT2D eigenvalue weighted by molar-refractivity contribution is 0.571. The Hall–Kier alpha value is -1.58. The normalized spacial score (nSPS) is 12.2. The van der Waals surface area contributed by atoms with Crippen LogP contribution < -0.4 is 5.43 Å². The molecule has 0 saturated heterocycles. The lowest BCUT2D eigenvalue weighted by atomic mass is 9.90. The molecule has 0 aromatic carbocycles. The van der Waals surface area contributed by atoms with Gasteiger partial charge in [0.2, 0.25) is 0 Å². The zero-order chi connectivity index (χ0) is 10.3. The third kappa shape index (κ3) is 1.23. The molecular weight excluding hydrogens is 178 g/mol. The molecule has 0 aliphatic heterocycles. The van der Waals surface area contributed by atoms with Gasteiger partial charge in [-0.05, 0) is 0 Å². The maximum absolute atomic E-state index is 11.6. The fourth-order valence-electron chi connectivity index (χ4n) is 1.51. The summed E-state index contributed by atoms with van der Waals surface area (Å²) in [7, 11) is 0. The van der Waals surface area contributed by atoms with Crippen LogP contribution in [-0.4, -0.2) is 15.2 Å². The van der Waals surface area contributed by atoms with E-state index in [4.69, 9.17) is 0 Å². The molecule has 0 aliphatic rings. The van der Waals surface area contributed by atoms with Crippen molar-refractivity contribution in [1.82, 2.24) is 15.2 Å². The second-order valence-electron chi connectivity index (χ2n) is 4.41. The molecule has 0 amide bonds. The fourth-order valence-corrected chi connectivity index (χ4v) is 1.51. The Balaban J connectivity index is 2.87. The summed E-state index contributed by atoms with van der Waals surface area (Å²) in [4.78, 5) is 14.6. The van der Waals surface area contributed by atoms with Crippen LogP contribution in [0.3, 0.4) is 0 Å². The molecule has 4 nitrogen and oxygen atoms in total. The van der Waals surface area contributed by atoms with Crippen molar-refractivity contribution < 1.29 is 0 Å². The number of aromatic nitrogens is 3. The van der Waals surface area contributed by atoms with Gasteiger partial charge in [0.15, 0.2) is 11.1 Å². The molecule has 0 spiro atoms. The Labute approximate surface area is 81.4 Å². The van der Waals surface area contributed by atoms with Crippen LogP contribution in [0.25, 0.3) is 11.0 Å². The van der Waals surface area contributed by atoms with Gasteiger partial charge in [-0.2, -0.15) is 5.10 Å². The van der Waals surface area contributed by atoms with Crippen LogP contribution in [-0.2, 0) is 5.41 Å². The third-order valence-corrected chi connectivity index (χ3v) is 2.22. The van der Waals surface area contributed by atoms with Crippen molar-refractivity contribution in [3.63, 3.8) is 0 Å². The van der Waals surface area contributed by atoms with Gasteiger partial charge < -0.3 is 4.98 Å². The Kier molecular flexibility index (Phi) is 1.74. The van der Waals surface area contributed by atoms with Crippen LogP contribution in [0.2, 0.25) is 0 Å². The molecule has 14 heavy (non-hydrogen) atoms. The van der Waals surface area contributed by atoms with E-state index in [9.17, 15) is 4.79 Å². The molecule has 2 aromatic heterocycles. The minimum absolute atomic E-state index is 0.0115. The van der Waals surface area contributed by atoms with Crippen molar-refractivity contribution in [2.75, 3.05) is 0 Å². The van der Waals surface area contributed by atoms with E-state index in [1.807, 2.05) is 20.8 Å². The third-order valence-electron chi connectivity index (χ3n) is 2.22. The minimum atomic E-state index is -0.0941. The molecule has 4 heteroatoms. The number of fused-ring (bicyclic) bond motifs is 1. The number of nitrogens with one attached hydrogen (secondary N) is 2. The average molecular weight is 191 g/mol. The molecule has 2 heterocycles. The van der Waals surface area contributed by atoms with Gasteiger partial charge >= 0.3 is 0 Å². The first-order valence-electron chi connectivity index (χ1n) is 4.56. The summed E-state index contributed by atoms with van der Waals surface area (Å²) in [6.07, 6.45) is 1.61. The number of pyridine rings is 1. The molecule has 74 valence electrons. The van der Waals surface area contributed by atoms with Crippen molar-refractivity contribution in [1.29, 1.82) is 0 Å². The quantitative estimate of drug-likeness (QED) is 0.663. The summed E-state index contributed by atoms with van der Waals surface area (Å²) in [5.41, 5.74) is 1.43. The number of hydrogen-bond donors (Lipinski definition) is 2. The minimum Gasteiger partial charge on any atom is -0.344 e. The van der Waals surface area contributed by atoms with Gasteiger partial charge in [-0.3, -0.25) is 9.89 Å². The number of nitrogens with zero attached hydrogens (tertiary/aromatic N) is 1. The number of aromatic amines is 2. The SMILES string of the molecule is CC(C)(C)c1[nH]nc2[nH]ccc(=O)c12. The highest BCUT2D eigenvalue weighted by molar-refractivity contribution is 5.78. The molecular formula is C10H13N3O. The van der Waals surface area contributed by atoms with Crippen molar-refractivity contribution in [3.8, 4) is 0 Å². The molecule has 0 fully saturated rings. The monoisotopic (exact) mass is 191 g/mol. The predicted octanol–water partition coefficient (Wildman–Crippen LogP) is 1.55. The van der Waals surface area contributed by atoms with Crippen molar-refractivity contribution in [3.05, 3.63) is 28.2 Å². The molecule has 0 radical (unpaired) electrons. The maximum atomic E-state index is 11.6. The van der Waals surface area contributed by atoms with Crippen molar-refractivity contribution in [2.45, 2.75) is 26.2 Å². The number of hydrogen-bond acceptors (Lipinski definition) is 2. The lowest BCUT2D eigenvalue weighted by Gasteiger charge is -2.15. The Morgan fingerprint density at radius 3 is 2.71 bits per heavy atom. The standard InChI is InChI=1S/C10H13N3O/c1-10(2,3)8-7-6(14)4-5-11-9(7)13-12-8/h4-5H,1-3H3,(H2,11,12,13,14). The summed E-state index contributed by atoms with van der Waals surface area (Å²) in [6.45, 7) is 6.14. The molecule has 0 saturated carbocycles. The van der Waals surface area contributed by atoms with Gasteiger partial charge in [0, 0.05) is 17.7 Å². The molecule has 0 bridgehead atoms. The summed E-state index contributed by atoms with van der Waals surface area (Å²) in [5.74, 6) is 0. The van der Waals surface area contributed by atoms with Gasteiger partial charge in [-0.1, -0.05) is 20.8 Å². The summed E-state index contributed by atoms with van der Waals surface area (Å²) < 4.78 is 0. The second-order valence-corrected chi connectivity index (χ2v) is 4.41. The maximum Gasteiger partial charge on any atom is 0.192 e. The first kappa shape index (κ1) is 8.99. The van der Waals surface area contributed by atoms with Crippen molar-refractivity contribution >= 4 is 11.0 Å². The Bertz CT molecular complexity index is 516. The highest BCUT2D eigenvalue weighted by Crippen LogP contribution is 2.24. The van der Waals surface area contributed by atoms with Crippen LogP contribution in [0, 0.1) is 0 Å². The summed E-state index contributed by atoms with van der Waals surface area (Å²) >= 11 is 0. The van der Waals surface area contributed by atoms with Crippen LogP contribution in [0.15, 0.2) is 17.1 Å². The van der Waals surface area contributed by atoms with Gasteiger partial charge in [0.1, 0.15) is 0 Å². The summed E-state index contributed by atoms with van der Waals surface area (Å²) in [6, 6.07) is 1.52. The average Bonchev–Trinajstić information content (AvgIpc) is 2.47. The van der Waals surface area contributed by atoms with Crippen LogP contribution >= 0.6 is 0 Å². The van der Waals surface area contributed by atoms with Gasteiger partial charge in [-0.15, -0.1) is 0 Å². The van der Waals surface area contributed by atoms with E-state index in [0.717, 1.165) is 5.69 Å². The molecule has 0 aliphatic carbocycles. The van der Waals surface area contributed by atoms with Crippen LogP contribution in [0.5, 0.6) is 0 Å². The number of rotatable bonds is 0. The van der Waals surface area contributed by atoms with E-state index < -0.39 is 0 Å². The Morgan fingerprint density at radius 1 is 1.36 bits per heavy atom. The molecule has 2 rings (SSSR count). The molecule has 0 atom stereocenters. The summed E-state index contributed by atoms with van der Waals surface area (Å²) in [5, 5.41) is 7.65. The van der Waals surface area contributed by atoms with E-state index in [1.54, 1.807) is 6.20 Å².